The highest BCUT2D eigenvalue weighted by atomic mass is 32.2. The Morgan fingerprint density at radius 2 is 2.08 bits per heavy atom. The van der Waals surface area contributed by atoms with Crippen LogP contribution in [-0.4, -0.2) is 5.25 Å². The molecule has 0 radical (unpaired) electrons. The highest BCUT2D eigenvalue weighted by Gasteiger charge is 2.05. The summed E-state index contributed by atoms with van der Waals surface area (Å²) in [6.07, 6.45) is 6.04. The van der Waals surface area contributed by atoms with Crippen molar-refractivity contribution in [1.29, 1.82) is 5.26 Å². The predicted octanol–water partition coefficient (Wildman–Crippen LogP) is 2.45. The molecule has 0 aliphatic heterocycles. The number of nitriles is 1. The smallest absolute Gasteiger partial charge is 0.134 e. The summed E-state index contributed by atoms with van der Waals surface area (Å²) in [4.78, 5) is 0. The summed E-state index contributed by atoms with van der Waals surface area (Å²) >= 11 is 1.14. The molecule has 0 aromatic heterocycles. The van der Waals surface area contributed by atoms with Crippen LogP contribution in [-0.2, 0) is 6.42 Å². The van der Waals surface area contributed by atoms with E-state index in [9.17, 15) is 0 Å². The van der Waals surface area contributed by atoms with Gasteiger partial charge in [0, 0.05) is 0 Å². The van der Waals surface area contributed by atoms with Crippen LogP contribution in [0.4, 0.5) is 0 Å². The Morgan fingerprint density at radius 3 is 2.62 bits per heavy atom. The monoisotopic (exact) mass is 187 g/mol. The summed E-state index contributed by atoms with van der Waals surface area (Å²) in [5, 5.41) is 10.4. The zero-order valence-corrected chi connectivity index (χ0v) is 7.92. The van der Waals surface area contributed by atoms with Gasteiger partial charge in [-0.25, -0.2) is 0 Å². The van der Waals surface area contributed by atoms with Gasteiger partial charge in [0.2, 0.25) is 0 Å². The number of benzene rings is 1. The van der Waals surface area contributed by atoms with Gasteiger partial charge in [-0.15, -0.1) is 6.42 Å². The summed E-state index contributed by atoms with van der Waals surface area (Å²) in [6.45, 7) is 0. The number of hydrogen-bond acceptors (Lipinski definition) is 2. The van der Waals surface area contributed by atoms with Crippen LogP contribution < -0.4 is 0 Å². The number of terminal acetylenes is 1. The van der Waals surface area contributed by atoms with E-state index in [2.05, 4.69) is 5.92 Å². The minimum atomic E-state index is -0.0348. The lowest BCUT2D eigenvalue weighted by Gasteiger charge is -2.04. The molecule has 0 amide bonds. The fourth-order valence-corrected chi connectivity index (χ4v) is 1.50. The van der Waals surface area contributed by atoms with Gasteiger partial charge in [0.1, 0.15) is 5.40 Å². The highest BCUT2D eigenvalue weighted by molar-refractivity contribution is 8.04. The molecule has 0 aliphatic rings. The zero-order valence-electron chi connectivity index (χ0n) is 7.10. The van der Waals surface area contributed by atoms with Crippen LogP contribution in [0.5, 0.6) is 0 Å². The first-order valence-corrected chi connectivity index (χ1v) is 4.79. The van der Waals surface area contributed by atoms with Crippen molar-refractivity contribution in [3.8, 4) is 17.7 Å². The molecule has 0 saturated carbocycles. The lowest BCUT2D eigenvalue weighted by Crippen LogP contribution is -2.02. The molecule has 0 saturated heterocycles. The Labute approximate surface area is 82.8 Å². The van der Waals surface area contributed by atoms with E-state index in [0.717, 1.165) is 18.2 Å². The van der Waals surface area contributed by atoms with Crippen LogP contribution in [0.15, 0.2) is 30.3 Å². The summed E-state index contributed by atoms with van der Waals surface area (Å²) in [5.74, 6) is 2.59. The first-order chi connectivity index (χ1) is 6.36. The lowest BCUT2D eigenvalue weighted by atomic mass is 10.1. The SMILES string of the molecule is C#CC(Cc1ccccc1)SC#N. The fraction of sp³-hybridized carbons (Fsp3) is 0.182. The quantitative estimate of drug-likeness (QED) is 0.536. The van der Waals surface area contributed by atoms with E-state index in [1.807, 2.05) is 35.7 Å². The Bertz CT molecular complexity index is 331. The summed E-state index contributed by atoms with van der Waals surface area (Å²) in [6, 6.07) is 9.94. The molecule has 64 valence electrons. The summed E-state index contributed by atoms with van der Waals surface area (Å²) < 4.78 is 0. The maximum absolute atomic E-state index is 8.46. The molecule has 0 fully saturated rings. The molecule has 0 N–H and O–H groups in total. The Hall–Kier alpha value is -1.38. The molecule has 0 heterocycles. The van der Waals surface area contributed by atoms with E-state index in [0.29, 0.717) is 0 Å². The van der Waals surface area contributed by atoms with Crippen molar-refractivity contribution in [3.63, 3.8) is 0 Å². The Kier molecular flexibility index (Phi) is 3.96. The number of nitrogens with zero attached hydrogens (tertiary/aromatic N) is 1. The largest absolute Gasteiger partial charge is 0.185 e. The molecule has 1 rings (SSSR count). The van der Waals surface area contributed by atoms with Crippen LogP contribution in [0.1, 0.15) is 5.56 Å². The molecule has 1 nitrogen and oxygen atoms in total. The van der Waals surface area contributed by atoms with Crippen molar-refractivity contribution in [2.24, 2.45) is 0 Å². The van der Waals surface area contributed by atoms with Gasteiger partial charge in [-0.05, 0) is 23.7 Å². The van der Waals surface area contributed by atoms with Crippen LogP contribution in [0.25, 0.3) is 0 Å². The molecular formula is C11H9NS. The number of hydrogen-bond donors (Lipinski definition) is 0. The van der Waals surface area contributed by atoms with Crippen LogP contribution in [0.3, 0.4) is 0 Å². The average Bonchev–Trinajstić information content (AvgIpc) is 2.19. The molecule has 2 heteroatoms. The Balaban J connectivity index is 2.59. The standard InChI is InChI=1S/C11H9NS/c1-2-11(13-9-12)8-10-6-4-3-5-7-10/h1,3-7,11H,8H2. The van der Waals surface area contributed by atoms with E-state index in [1.165, 1.54) is 5.56 Å². The fourth-order valence-electron chi connectivity index (χ4n) is 1.03. The van der Waals surface area contributed by atoms with Gasteiger partial charge in [-0.2, -0.15) is 5.26 Å². The molecule has 1 aromatic rings. The number of thiocyanates is 1. The maximum Gasteiger partial charge on any atom is 0.134 e. The minimum absolute atomic E-state index is 0.0348. The number of thioether (sulfide) groups is 1. The van der Waals surface area contributed by atoms with Crippen LogP contribution in [0.2, 0.25) is 0 Å². The third-order valence-electron chi connectivity index (χ3n) is 1.64. The van der Waals surface area contributed by atoms with Crippen LogP contribution >= 0.6 is 11.8 Å². The highest BCUT2D eigenvalue weighted by Crippen LogP contribution is 2.14. The lowest BCUT2D eigenvalue weighted by molar-refractivity contribution is 1.05. The predicted molar refractivity (Wildman–Crippen MR) is 56.0 cm³/mol. The molecule has 1 aromatic carbocycles. The van der Waals surface area contributed by atoms with E-state index in [-0.39, 0.29) is 5.25 Å². The molecular weight excluding hydrogens is 178 g/mol. The van der Waals surface area contributed by atoms with Crippen molar-refractivity contribution >= 4 is 11.8 Å². The second-order valence-corrected chi connectivity index (χ2v) is 3.54. The van der Waals surface area contributed by atoms with Crippen molar-refractivity contribution in [2.75, 3.05) is 0 Å². The van der Waals surface area contributed by atoms with Gasteiger partial charge in [0.25, 0.3) is 0 Å². The number of rotatable bonds is 3. The van der Waals surface area contributed by atoms with Gasteiger partial charge in [-0.1, -0.05) is 36.3 Å². The summed E-state index contributed by atoms with van der Waals surface area (Å²) in [7, 11) is 0. The second-order valence-electron chi connectivity index (χ2n) is 2.55. The molecule has 1 atom stereocenters. The molecule has 13 heavy (non-hydrogen) atoms. The molecule has 0 aliphatic carbocycles. The normalized spacial score (nSPS) is 11.2. The molecule has 0 bridgehead atoms. The first kappa shape index (κ1) is 9.71. The van der Waals surface area contributed by atoms with Crippen molar-refractivity contribution in [3.05, 3.63) is 35.9 Å². The van der Waals surface area contributed by atoms with Gasteiger partial charge < -0.3 is 0 Å². The topological polar surface area (TPSA) is 23.8 Å². The second kappa shape index (κ2) is 5.30. The first-order valence-electron chi connectivity index (χ1n) is 3.91. The van der Waals surface area contributed by atoms with Gasteiger partial charge in [-0.3, -0.25) is 0 Å². The van der Waals surface area contributed by atoms with Gasteiger partial charge in [0.15, 0.2) is 0 Å². The van der Waals surface area contributed by atoms with Crippen molar-refractivity contribution in [1.82, 2.24) is 0 Å². The molecule has 1 unspecified atom stereocenters. The molecule has 0 spiro atoms. The van der Waals surface area contributed by atoms with Crippen molar-refractivity contribution in [2.45, 2.75) is 11.7 Å². The van der Waals surface area contributed by atoms with Crippen molar-refractivity contribution < 1.29 is 0 Å². The van der Waals surface area contributed by atoms with E-state index in [1.54, 1.807) is 0 Å². The van der Waals surface area contributed by atoms with Gasteiger partial charge in [0.05, 0.1) is 5.25 Å². The zero-order chi connectivity index (χ0) is 9.52. The van der Waals surface area contributed by atoms with Gasteiger partial charge >= 0.3 is 0 Å². The van der Waals surface area contributed by atoms with E-state index < -0.39 is 0 Å². The maximum atomic E-state index is 8.46. The van der Waals surface area contributed by atoms with E-state index >= 15 is 0 Å². The third-order valence-corrected chi connectivity index (χ3v) is 2.34. The van der Waals surface area contributed by atoms with E-state index in [4.69, 9.17) is 11.7 Å². The minimum Gasteiger partial charge on any atom is -0.185 e. The average molecular weight is 187 g/mol. The Morgan fingerprint density at radius 1 is 1.38 bits per heavy atom. The summed E-state index contributed by atoms with van der Waals surface area (Å²) in [5.41, 5.74) is 1.17. The van der Waals surface area contributed by atoms with Crippen LogP contribution in [0, 0.1) is 23.0 Å². The third kappa shape index (κ3) is 3.23.